The van der Waals surface area contributed by atoms with Gasteiger partial charge in [-0.25, -0.2) is 9.97 Å². The summed E-state index contributed by atoms with van der Waals surface area (Å²) in [5.74, 6) is 2.83. The van der Waals surface area contributed by atoms with E-state index in [1.165, 1.54) is 47.7 Å². The van der Waals surface area contributed by atoms with Gasteiger partial charge in [0.15, 0.2) is 0 Å². The molecule has 1 aliphatic heterocycles. The van der Waals surface area contributed by atoms with Gasteiger partial charge < -0.3 is 5.73 Å². The molecule has 1 aliphatic carbocycles. The van der Waals surface area contributed by atoms with Crippen LogP contribution in [0.4, 0.5) is 0 Å². The van der Waals surface area contributed by atoms with Crippen molar-refractivity contribution < 1.29 is 0 Å². The molecule has 4 heteroatoms. The third-order valence-electron chi connectivity index (χ3n) is 3.75. The van der Waals surface area contributed by atoms with Gasteiger partial charge >= 0.3 is 0 Å². The maximum Gasteiger partial charge on any atom is 0.131 e. The Hall–Kier alpha value is -0.610. The smallest absolute Gasteiger partial charge is 0.131 e. The number of aromatic nitrogens is 2. The zero-order chi connectivity index (χ0) is 11.7. The second-order valence-corrected chi connectivity index (χ2v) is 6.01. The maximum atomic E-state index is 5.62. The van der Waals surface area contributed by atoms with E-state index >= 15 is 0 Å². The molecule has 2 N–H and O–H groups in total. The lowest BCUT2D eigenvalue weighted by Gasteiger charge is -2.14. The van der Waals surface area contributed by atoms with Crippen LogP contribution in [0.3, 0.4) is 0 Å². The van der Waals surface area contributed by atoms with Crippen molar-refractivity contribution in [3.05, 3.63) is 17.1 Å². The van der Waals surface area contributed by atoms with E-state index in [9.17, 15) is 0 Å². The minimum atomic E-state index is 0.646. The second-order valence-electron chi connectivity index (χ2n) is 4.93. The molecule has 17 heavy (non-hydrogen) atoms. The van der Waals surface area contributed by atoms with Crippen molar-refractivity contribution in [2.24, 2.45) is 5.73 Å². The van der Waals surface area contributed by atoms with Gasteiger partial charge in [0, 0.05) is 23.7 Å². The summed E-state index contributed by atoms with van der Waals surface area (Å²) in [4.78, 5) is 9.46. The first-order chi connectivity index (χ1) is 8.38. The Morgan fingerprint density at radius 2 is 2.06 bits per heavy atom. The quantitative estimate of drug-likeness (QED) is 0.835. The van der Waals surface area contributed by atoms with E-state index in [-0.39, 0.29) is 0 Å². The Kier molecular flexibility index (Phi) is 3.34. The van der Waals surface area contributed by atoms with Crippen LogP contribution in [0.1, 0.15) is 48.7 Å². The largest absolute Gasteiger partial charge is 0.330 e. The normalized spacial score (nSPS) is 19.8. The van der Waals surface area contributed by atoms with Gasteiger partial charge in [0.1, 0.15) is 10.9 Å². The van der Waals surface area contributed by atoms with E-state index in [2.05, 4.69) is 4.98 Å². The van der Waals surface area contributed by atoms with Crippen LogP contribution in [0.5, 0.6) is 0 Å². The molecule has 1 saturated carbocycles. The summed E-state index contributed by atoms with van der Waals surface area (Å²) in [6.45, 7) is 0.646. The molecular formula is C13H19N3S. The molecule has 2 aliphatic rings. The third kappa shape index (κ3) is 2.20. The summed E-state index contributed by atoms with van der Waals surface area (Å²) < 4.78 is 0. The van der Waals surface area contributed by atoms with Crippen molar-refractivity contribution in [1.82, 2.24) is 9.97 Å². The minimum absolute atomic E-state index is 0.646. The average molecular weight is 249 g/mol. The first-order valence-electron chi connectivity index (χ1n) is 6.61. The number of rotatable bonds is 3. The molecule has 0 radical (unpaired) electrons. The fourth-order valence-corrected chi connectivity index (χ4v) is 3.96. The van der Waals surface area contributed by atoms with Crippen molar-refractivity contribution in [2.45, 2.75) is 49.5 Å². The highest BCUT2D eigenvalue weighted by atomic mass is 32.2. The SMILES string of the molecule is NCCc1nc2c(c(C3CCCC3)n1)CCS2. The molecule has 0 spiro atoms. The Balaban J connectivity index is 1.99. The molecule has 0 aromatic carbocycles. The number of fused-ring (bicyclic) bond motifs is 1. The number of hydrogen-bond acceptors (Lipinski definition) is 4. The number of nitrogens with two attached hydrogens (primary N) is 1. The van der Waals surface area contributed by atoms with Crippen molar-refractivity contribution in [3.63, 3.8) is 0 Å². The summed E-state index contributed by atoms with van der Waals surface area (Å²) in [6.07, 6.45) is 7.33. The molecule has 0 saturated heterocycles. The minimum Gasteiger partial charge on any atom is -0.330 e. The van der Waals surface area contributed by atoms with Crippen molar-refractivity contribution in [3.8, 4) is 0 Å². The maximum absolute atomic E-state index is 5.62. The van der Waals surface area contributed by atoms with Gasteiger partial charge in [-0.2, -0.15) is 0 Å². The van der Waals surface area contributed by atoms with Crippen LogP contribution < -0.4 is 5.73 Å². The van der Waals surface area contributed by atoms with Gasteiger partial charge in [0.25, 0.3) is 0 Å². The van der Waals surface area contributed by atoms with Crippen molar-refractivity contribution >= 4 is 11.8 Å². The Bertz CT molecular complexity index is 413. The molecule has 0 unspecified atom stereocenters. The monoisotopic (exact) mass is 249 g/mol. The second kappa shape index (κ2) is 4.94. The van der Waals surface area contributed by atoms with E-state index < -0.39 is 0 Å². The lowest BCUT2D eigenvalue weighted by Crippen LogP contribution is -2.11. The van der Waals surface area contributed by atoms with Crippen molar-refractivity contribution in [2.75, 3.05) is 12.3 Å². The van der Waals surface area contributed by atoms with E-state index in [1.54, 1.807) is 0 Å². The predicted octanol–water partition coefficient (Wildman–Crippen LogP) is 2.28. The molecule has 0 amide bonds. The number of thioether (sulfide) groups is 1. The van der Waals surface area contributed by atoms with Crippen LogP contribution in [0.15, 0.2) is 5.03 Å². The van der Waals surface area contributed by atoms with Crippen LogP contribution in [0.2, 0.25) is 0 Å². The summed E-state index contributed by atoms with van der Waals surface area (Å²) in [7, 11) is 0. The topological polar surface area (TPSA) is 51.8 Å². The van der Waals surface area contributed by atoms with Crippen LogP contribution in [-0.4, -0.2) is 22.3 Å². The lowest BCUT2D eigenvalue weighted by atomic mass is 9.98. The number of nitrogens with zero attached hydrogens (tertiary/aromatic N) is 2. The van der Waals surface area contributed by atoms with Gasteiger partial charge in [0.2, 0.25) is 0 Å². The van der Waals surface area contributed by atoms with Crippen LogP contribution >= 0.6 is 11.8 Å². The Morgan fingerprint density at radius 3 is 2.82 bits per heavy atom. The van der Waals surface area contributed by atoms with Gasteiger partial charge in [0.05, 0.1) is 5.69 Å². The highest BCUT2D eigenvalue weighted by Gasteiger charge is 2.26. The molecule has 1 aromatic rings. The zero-order valence-corrected chi connectivity index (χ0v) is 10.9. The lowest BCUT2D eigenvalue weighted by molar-refractivity contribution is 0.660. The van der Waals surface area contributed by atoms with Gasteiger partial charge in [-0.3, -0.25) is 0 Å². The fourth-order valence-electron chi connectivity index (χ4n) is 2.91. The van der Waals surface area contributed by atoms with Crippen LogP contribution in [0, 0.1) is 0 Å². The summed E-state index contributed by atoms with van der Waals surface area (Å²) in [6, 6.07) is 0. The third-order valence-corrected chi connectivity index (χ3v) is 4.77. The molecule has 3 nitrogen and oxygen atoms in total. The first kappa shape index (κ1) is 11.5. The van der Waals surface area contributed by atoms with E-state index in [0.717, 1.165) is 18.7 Å². The summed E-state index contributed by atoms with van der Waals surface area (Å²) in [5, 5.41) is 1.24. The Morgan fingerprint density at radius 1 is 1.24 bits per heavy atom. The standard InChI is InChI=1S/C13H19N3S/c14-7-5-11-15-12(9-3-1-2-4-9)10-6-8-17-13(10)16-11/h9H,1-8,14H2. The molecule has 92 valence electrons. The summed E-state index contributed by atoms with van der Waals surface area (Å²) in [5.41, 5.74) is 8.43. The molecule has 3 rings (SSSR count). The molecule has 2 heterocycles. The molecule has 1 aromatic heterocycles. The Labute approximate surface area is 107 Å². The molecule has 0 bridgehead atoms. The zero-order valence-electron chi connectivity index (χ0n) is 10.1. The van der Waals surface area contributed by atoms with Gasteiger partial charge in [-0.15, -0.1) is 11.8 Å². The molecule has 1 fully saturated rings. The first-order valence-corrected chi connectivity index (χ1v) is 7.59. The number of hydrogen-bond donors (Lipinski definition) is 1. The molecular weight excluding hydrogens is 230 g/mol. The predicted molar refractivity (Wildman–Crippen MR) is 70.4 cm³/mol. The molecule has 0 atom stereocenters. The van der Waals surface area contributed by atoms with E-state index in [1.807, 2.05) is 11.8 Å². The van der Waals surface area contributed by atoms with E-state index in [0.29, 0.717) is 12.5 Å². The fraction of sp³-hybridized carbons (Fsp3) is 0.692. The van der Waals surface area contributed by atoms with Gasteiger partial charge in [-0.1, -0.05) is 12.8 Å². The van der Waals surface area contributed by atoms with Crippen molar-refractivity contribution in [1.29, 1.82) is 0 Å². The van der Waals surface area contributed by atoms with E-state index in [4.69, 9.17) is 10.7 Å². The van der Waals surface area contributed by atoms with Crippen LogP contribution in [-0.2, 0) is 12.8 Å². The summed E-state index contributed by atoms with van der Waals surface area (Å²) >= 11 is 1.89. The van der Waals surface area contributed by atoms with Crippen LogP contribution in [0.25, 0.3) is 0 Å². The highest BCUT2D eigenvalue weighted by molar-refractivity contribution is 7.99. The average Bonchev–Trinajstić information content (AvgIpc) is 2.99. The van der Waals surface area contributed by atoms with Gasteiger partial charge in [-0.05, 0) is 25.8 Å². The highest BCUT2D eigenvalue weighted by Crippen LogP contribution is 2.40.